The van der Waals surface area contributed by atoms with Gasteiger partial charge in [-0.25, -0.2) is 18.2 Å². The minimum atomic E-state index is -1.49. The Bertz CT molecular complexity index is 1040. The molecule has 0 unspecified atom stereocenters. The number of nitrogens with zero attached hydrogens (tertiary/aromatic N) is 2. The van der Waals surface area contributed by atoms with Gasteiger partial charge in [0.25, 0.3) is 0 Å². The van der Waals surface area contributed by atoms with Crippen LogP contribution in [0, 0.1) is 24.4 Å². The van der Waals surface area contributed by atoms with Crippen LogP contribution in [0.3, 0.4) is 0 Å². The number of aryl methyl sites for hydroxylation is 1. The third kappa shape index (κ3) is 2.25. The van der Waals surface area contributed by atoms with E-state index in [1.165, 1.54) is 0 Å². The van der Waals surface area contributed by atoms with Crippen LogP contribution in [0.15, 0.2) is 36.5 Å². The molecule has 2 aromatic carbocycles. The lowest BCUT2D eigenvalue weighted by atomic mass is 10.0. The summed E-state index contributed by atoms with van der Waals surface area (Å²) in [7, 11) is 0. The fourth-order valence-electron chi connectivity index (χ4n) is 2.70. The van der Waals surface area contributed by atoms with Crippen LogP contribution in [0.2, 0.25) is 0 Å². The Morgan fingerprint density at radius 3 is 2.46 bits per heavy atom. The van der Waals surface area contributed by atoms with Gasteiger partial charge in [0.2, 0.25) is 0 Å². The zero-order chi connectivity index (χ0) is 16.8. The number of fused-ring (bicyclic) bond motifs is 1. The largest absolute Gasteiger partial charge is 0.342 e. The lowest BCUT2D eigenvalue weighted by Crippen LogP contribution is -1.93. The van der Waals surface area contributed by atoms with Crippen LogP contribution in [0.4, 0.5) is 13.2 Å². The SMILES string of the molecule is Cc1nc(-c2cc(F)c(F)c(F)c2)c(-c2ccc3[nH]ncc3c2)[nH]1. The molecule has 0 aliphatic carbocycles. The first-order chi connectivity index (χ1) is 11.5. The normalized spacial score (nSPS) is 11.3. The molecule has 0 bridgehead atoms. The number of imidazole rings is 1. The van der Waals surface area contributed by atoms with Crippen molar-refractivity contribution in [3.05, 3.63) is 59.8 Å². The van der Waals surface area contributed by atoms with Crippen LogP contribution < -0.4 is 0 Å². The second kappa shape index (κ2) is 5.23. The highest BCUT2D eigenvalue weighted by atomic mass is 19.2. The summed E-state index contributed by atoms with van der Waals surface area (Å²) in [6.45, 7) is 1.74. The Labute approximate surface area is 134 Å². The smallest absolute Gasteiger partial charge is 0.194 e. The Morgan fingerprint density at radius 1 is 0.958 bits per heavy atom. The fraction of sp³-hybridized carbons (Fsp3) is 0.0588. The minimum absolute atomic E-state index is 0.165. The fourth-order valence-corrected chi connectivity index (χ4v) is 2.70. The molecule has 0 aliphatic rings. The predicted molar refractivity (Wildman–Crippen MR) is 83.7 cm³/mol. The third-order valence-corrected chi connectivity index (χ3v) is 3.81. The highest BCUT2D eigenvalue weighted by Crippen LogP contribution is 2.32. The van der Waals surface area contributed by atoms with Crippen molar-refractivity contribution in [3.63, 3.8) is 0 Å². The quantitative estimate of drug-likeness (QED) is 0.538. The van der Waals surface area contributed by atoms with Crippen LogP contribution in [0.25, 0.3) is 33.4 Å². The molecule has 4 aromatic rings. The zero-order valence-corrected chi connectivity index (χ0v) is 12.5. The van der Waals surface area contributed by atoms with Crippen LogP contribution >= 0.6 is 0 Å². The molecule has 0 saturated carbocycles. The Morgan fingerprint density at radius 2 is 1.71 bits per heavy atom. The number of aromatic amines is 2. The molecule has 0 aliphatic heterocycles. The molecule has 0 atom stereocenters. The van der Waals surface area contributed by atoms with Gasteiger partial charge < -0.3 is 4.98 Å². The van der Waals surface area contributed by atoms with Crippen molar-refractivity contribution in [1.29, 1.82) is 0 Å². The molecule has 120 valence electrons. The molecule has 2 heterocycles. The van der Waals surface area contributed by atoms with E-state index in [1.807, 2.05) is 18.2 Å². The van der Waals surface area contributed by atoms with Crippen LogP contribution in [-0.4, -0.2) is 20.2 Å². The van der Waals surface area contributed by atoms with Crippen molar-refractivity contribution in [3.8, 4) is 22.5 Å². The maximum atomic E-state index is 13.6. The highest BCUT2D eigenvalue weighted by Gasteiger charge is 2.18. The third-order valence-electron chi connectivity index (χ3n) is 3.81. The van der Waals surface area contributed by atoms with Gasteiger partial charge in [0.05, 0.1) is 23.1 Å². The van der Waals surface area contributed by atoms with Gasteiger partial charge >= 0.3 is 0 Å². The summed E-state index contributed by atoms with van der Waals surface area (Å²) in [6.07, 6.45) is 1.68. The second-order valence-electron chi connectivity index (χ2n) is 5.47. The summed E-state index contributed by atoms with van der Waals surface area (Å²) in [4.78, 5) is 7.39. The molecule has 24 heavy (non-hydrogen) atoms. The second-order valence-corrected chi connectivity index (χ2v) is 5.47. The van der Waals surface area contributed by atoms with E-state index in [0.29, 0.717) is 17.2 Å². The number of H-pyrrole nitrogens is 2. The molecule has 0 radical (unpaired) electrons. The summed E-state index contributed by atoms with van der Waals surface area (Å²) < 4.78 is 40.3. The molecular formula is C17H11F3N4. The van der Waals surface area contributed by atoms with E-state index in [-0.39, 0.29) is 5.56 Å². The average molecular weight is 328 g/mol. The lowest BCUT2D eigenvalue weighted by molar-refractivity contribution is 0.447. The topological polar surface area (TPSA) is 57.4 Å². The van der Waals surface area contributed by atoms with Crippen molar-refractivity contribution < 1.29 is 13.2 Å². The Hall–Kier alpha value is -3.09. The summed E-state index contributed by atoms with van der Waals surface area (Å²) in [5.74, 6) is -3.41. The Kier molecular flexibility index (Phi) is 3.16. The van der Waals surface area contributed by atoms with E-state index < -0.39 is 17.5 Å². The maximum Gasteiger partial charge on any atom is 0.194 e. The zero-order valence-electron chi connectivity index (χ0n) is 12.5. The van der Waals surface area contributed by atoms with Gasteiger partial charge in [-0.3, -0.25) is 5.10 Å². The van der Waals surface area contributed by atoms with E-state index in [9.17, 15) is 13.2 Å². The first-order valence-electron chi connectivity index (χ1n) is 7.18. The van der Waals surface area contributed by atoms with Crippen LogP contribution in [-0.2, 0) is 0 Å². The number of hydrogen-bond acceptors (Lipinski definition) is 2. The number of hydrogen-bond donors (Lipinski definition) is 2. The van der Waals surface area contributed by atoms with Crippen molar-refractivity contribution in [2.45, 2.75) is 6.92 Å². The number of rotatable bonds is 2. The number of halogens is 3. The van der Waals surface area contributed by atoms with E-state index in [1.54, 1.807) is 13.1 Å². The number of aromatic nitrogens is 4. The molecule has 4 nitrogen and oxygen atoms in total. The summed E-state index contributed by atoms with van der Waals surface area (Å²) in [6, 6.07) is 7.45. The van der Waals surface area contributed by atoms with Gasteiger partial charge in [0.15, 0.2) is 17.5 Å². The van der Waals surface area contributed by atoms with Gasteiger partial charge in [-0.15, -0.1) is 0 Å². The Balaban J connectivity index is 1.92. The van der Waals surface area contributed by atoms with Gasteiger partial charge in [-0.1, -0.05) is 6.07 Å². The van der Waals surface area contributed by atoms with E-state index in [2.05, 4.69) is 20.2 Å². The molecule has 0 spiro atoms. The summed E-state index contributed by atoms with van der Waals surface area (Å²) in [5, 5.41) is 7.71. The molecular weight excluding hydrogens is 317 g/mol. The van der Waals surface area contributed by atoms with Crippen molar-refractivity contribution in [1.82, 2.24) is 20.2 Å². The predicted octanol–water partition coefficient (Wildman–Crippen LogP) is 4.35. The van der Waals surface area contributed by atoms with Gasteiger partial charge in [-0.05, 0) is 31.2 Å². The lowest BCUT2D eigenvalue weighted by Gasteiger charge is -2.05. The minimum Gasteiger partial charge on any atom is -0.342 e. The van der Waals surface area contributed by atoms with Crippen molar-refractivity contribution >= 4 is 10.9 Å². The number of nitrogens with one attached hydrogen (secondary N) is 2. The van der Waals surface area contributed by atoms with Crippen LogP contribution in [0.1, 0.15) is 5.82 Å². The molecule has 0 saturated heterocycles. The van der Waals surface area contributed by atoms with E-state index in [0.717, 1.165) is 28.6 Å². The van der Waals surface area contributed by atoms with Crippen LogP contribution in [0.5, 0.6) is 0 Å². The summed E-state index contributed by atoms with van der Waals surface area (Å²) in [5.41, 5.74) is 2.77. The molecule has 7 heteroatoms. The van der Waals surface area contributed by atoms with E-state index >= 15 is 0 Å². The van der Waals surface area contributed by atoms with E-state index in [4.69, 9.17) is 0 Å². The van der Waals surface area contributed by atoms with Gasteiger partial charge in [0, 0.05) is 16.5 Å². The number of benzene rings is 2. The molecule has 0 fully saturated rings. The average Bonchev–Trinajstić information content (AvgIpc) is 3.17. The highest BCUT2D eigenvalue weighted by molar-refractivity contribution is 5.87. The molecule has 4 rings (SSSR count). The maximum absolute atomic E-state index is 13.6. The molecule has 0 amide bonds. The van der Waals surface area contributed by atoms with Gasteiger partial charge in [0.1, 0.15) is 5.82 Å². The van der Waals surface area contributed by atoms with Gasteiger partial charge in [-0.2, -0.15) is 5.10 Å². The van der Waals surface area contributed by atoms with Crippen molar-refractivity contribution in [2.24, 2.45) is 0 Å². The summed E-state index contributed by atoms with van der Waals surface area (Å²) >= 11 is 0. The first-order valence-corrected chi connectivity index (χ1v) is 7.18. The molecule has 2 N–H and O–H groups in total. The first kappa shape index (κ1) is 14.5. The monoisotopic (exact) mass is 328 g/mol. The standard InChI is InChI=1S/C17H11F3N4/c1-8-22-16(9-2-3-14-11(4-9)7-21-24-14)17(23-8)10-5-12(18)15(20)13(19)6-10/h2-7H,1H3,(H,21,24)(H,22,23). The molecule has 2 aromatic heterocycles. The van der Waals surface area contributed by atoms with Crippen molar-refractivity contribution in [2.75, 3.05) is 0 Å².